The summed E-state index contributed by atoms with van der Waals surface area (Å²) in [6.07, 6.45) is 7.77. The Labute approximate surface area is 113 Å². The van der Waals surface area contributed by atoms with Gasteiger partial charge < -0.3 is 10.1 Å². The fraction of sp³-hybridized carbons (Fsp3) is 0.692. The Morgan fingerprint density at radius 3 is 3.06 bits per heavy atom. The Bertz CT molecular complexity index is 400. The summed E-state index contributed by atoms with van der Waals surface area (Å²) < 4.78 is 5.94. The van der Waals surface area contributed by atoms with Crippen LogP contribution in [0.2, 0.25) is 5.02 Å². The highest BCUT2D eigenvalue weighted by atomic mass is 35.5. The van der Waals surface area contributed by atoms with Crippen LogP contribution < -0.4 is 10.1 Å². The number of halogens is 1. The fourth-order valence-corrected chi connectivity index (χ4v) is 2.57. The lowest BCUT2D eigenvalue weighted by Gasteiger charge is -2.28. The monoisotopic (exact) mass is 269 g/mol. The van der Waals surface area contributed by atoms with Gasteiger partial charge in [0, 0.05) is 7.05 Å². The molecule has 2 rings (SSSR count). The summed E-state index contributed by atoms with van der Waals surface area (Å²) in [7, 11) is 1.78. The molecule has 1 aromatic heterocycles. The molecule has 0 aromatic carbocycles. The number of nitrogens with one attached hydrogen (secondary N) is 1. The average molecular weight is 270 g/mol. The van der Waals surface area contributed by atoms with Crippen LogP contribution in [0.15, 0.2) is 6.20 Å². The summed E-state index contributed by atoms with van der Waals surface area (Å²) in [6.45, 7) is 2.24. The Hall–Kier alpha value is -1.03. The van der Waals surface area contributed by atoms with Crippen LogP contribution in [0.5, 0.6) is 5.88 Å². The number of anilines is 1. The lowest BCUT2D eigenvalue weighted by Crippen LogP contribution is -2.25. The van der Waals surface area contributed by atoms with Crippen LogP contribution in [0.25, 0.3) is 0 Å². The van der Waals surface area contributed by atoms with Crippen molar-refractivity contribution in [1.29, 1.82) is 0 Å². The maximum absolute atomic E-state index is 6.06. The SMILES string of the molecule is CCC1CCCC(Oc2nc(NC)ncc2Cl)C1. The van der Waals surface area contributed by atoms with Gasteiger partial charge in [0.05, 0.1) is 6.20 Å². The van der Waals surface area contributed by atoms with E-state index in [1.165, 1.54) is 19.3 Å². The third kappa shape index (κ3) is 3.25. The third-order valence-electron chi connectivity index (χ3n) is 3.53. The Morgan fingerprint density at radius 1 is 1.50 bits per heavy atom. The van der Waals surface area contributed by atoms with E-state index in [1.807, 2.05) is 0 Å². The van der Waals surface area contributed by atoms with Crippen LogP contribution >= 0.6 is 11.6 Å². The van der Waals surface area contributed by atoms with E-state index in [0.717, 1.165) is 18.8 Å². The standard InChI is InChI=1S/C13H20ClN3O/c1-3-9-5-4-6-10(7-9)18-12-11(14)8-16-13(15-2)17-12/h8-10H,3-7H2,1-2H3,(H,15,16,17). The van der Waals surface area contributed by atoms with E-state index in [-0.39, 0.29) is 6.10 Å². The molecule has 0 amide bonds. The first-order valence-corrected chi connectivity index (χ1v) is 6.97. The van der Waals surface area contributed by atoms with Gasteiger partial charge in [-0.2, -0.15) is 4.98 Å². The molecular formula is C13H20ClN3O. The van der Waals surface area contributed by atoms with Gasteiger partial charge in [-0.05, 0) is 25.2 Å². The lowest BCUT2D eigenvalue weighted by atomic mass is 9.85. The molecule has 4 nitrogen and oxygen atoms in total. The highest BCUT2D eigenvalue weighted by Crippen LogP contribution is 2.31. The zero-order valence-electron chi connectivity index (χ0n) is 10.9. The van der Waals surface area contributed by atoms with Crippen molar-refractivity contribution in [2.75, 3.05) is 12.4 Å². The smallest absolute Gasteiger partial charge is 0.237 e. The van der Waals surface area contributed by atoms with E-state index in [2.05, 4.69) is 22.2 Å². The summed E-state index contributed by atoms with van der Waals surface area (Å²) in [6, 6.07) is 0. The van der Waals surface area contributed by atoms with Crippen LogP contribution in [-0.2, 0) is 0 Å². The molecule has 100 valence electrons. The second kappa shape index (κ2) is 6.23. The van der Waals surface area contributed by atoms with Crippen molar-refractivity contribution in [2.45, 2.75) is 45.1 Å². The Kier molecular flexibility index (Phi) is 4.64. The van der Waals surface area contributed by atoms with Gasteiger partial charge in [-0.15, -0.1) is 0 Å². The first-order chi connectivity index (χ1) is 8.72. The highest BCUT2D eigenvalue weighted by Gasteiger charge is 2.23. The van der Waals surface area contributed by atoms with E-state index in [0.29, 0.717) is 16.9 Å². The molecule has 0 bridgehead atoms. The normalized spacial score (nSPS) is 23.7. The van der Waals surface area contributed by atoms with E-state index in [9.17, 15) is 0 Å². The number of rotatable bonds is 4. The Morgan fingerprint density at radius 2 is 2.33 bits per heavy atom. The predicted octanol–water partition coefficient (Wildman–Crippen LogP) is 3.52. The van der Waals surface area contributed by atoms with Crippen molar-refractivity contribution < 1.29 is 4.74 Å². The number of hydrogen-bond acceptors (Lipinski definition) is 4. The van der Waals surface area contributed by atoms with Crippen LogP contribution in [0, 0.1) is 5.92 Å². The minimum atomic E-state index is 0.237. The summed E-state index contributed by atoms with van der Waals surface area (Å²) in [4.78, 5) is 8.31. The van der Waals surface area contributed by atoms with Gasteiger partial charge in [0.15, 0.2) is 0 Å². The van der Waals surface area contributed by atoms with Gasteiger partial charge in [-0.3, -0.25) is 0 Å². The number of ether oxygens (including phenoxy) is 1. The topological polar surface area (TPSA) is 47.0 Å². The number of nitrogens with zero attached hydrogens (tertiary/aromatic N) is 2. The van der Waals surface area contributed by atoms with Gasteiger partial charge in [0.2, 0.25) is 11.8 Å². The predicted molar refractivity (Wildman–Crippen MR) is 73.3 cm³/mol. The first kappa shape index (κ1) is 13.4. The summed E-state index contributed by atoms with van der Waals surface area (Å²) in [5.41, 5.74) is 0. The van der Waals surface area contributed by atoms with Crippen molar-refractivity contribution in [3.05, 3.63) is 11.2 Å². The second-order valence-electron chi connectivity index (χ2n) is 4.78. The van der Waals surface area contributed by atoms with Gasteiger partial charge in [0.1, 0.15) is 11.1 Å². The third-order valence-corrected chi connectivity index (χ3v) is 3.79. The van der Waals surface area contributed by atoms with E-state index >= 15 is 0 Å². The maximum atomic E-state index is 6.06. The van der Waals surface area contributed by atoms with Crippen LogP contribution in [0.3, 0.4) is 0 Å². The molecular weight excluding hydrogens is 250 g/mol. The molecule has 1 fully saturated rings. The molecule has 1 aliphatic rings. The largest absolute Gasteiger partial charge is 0.473 e. The highest BCUT2D eigenvalue weighted by molar-refractivity contribution is 6.31. The summed E-state index contributed by atoms with van der Waals surface area (Å²) in [5, 5.41) is 3.37. The van der Waals surface area contributed by atoms with Crippen molar-refractivity contribution in [3.63, 3.8) is 0 Å². The second-order valence-corrected chi connectivity index (χ2v) is 5.18. The van der Waals surface area contributed by atoms with Crippen LogP contribution in [0.1, 0.15) is 39.0 Å². The molecule has 5 heteroatoms. The minimum Gasteiger partial charge on any atom is -0.473 e. The van der Waals surface area contributed by atoms with E-state index in [1.54, 1.807) is 13.2 Å². The van der Waals surface area contributed by atoms with Crippen molar-refractivity contribution >= 4 is 17.5 Å². The molecule has 0 saturated heterocycles. The minimum absolute atomic E-state index is 0.237. The number of aromatic nitrogens is 2. The number of hydrogen-bond donors (Lipinski definition) is 1. The van der Waals surface area contributed by atoms with Gasteiger partial charge in [-0.1, -0.05) is 31.4 Å². The molecule has 0 aliphatic heterocycles. The molecule has 1 heterocycles. The van der Waals surface area contributed by atoms with E-state index in [4.69, 9.17) is 16.3 Å². The average Bonchev–Trinajstić information content (AvgIpc) is 2.41. The molecule has 0 radical (unpaired) electrons. The zero-order valence-corrected chi connectivity index (χ0v) is 11.7. The van der Waals surface area contributed by atoms with Crippen LogP contribution in [-0.4, -0.2) is 23.1 Å². The van der Waals surface area contributed by atoms with Gasteiger partial charge in [-0.25, -0.2) is 4.98 Å². The van der Waals surface area contributed by atoms with Crippen molar-refractivity contribution in [3.8, 4) is 5.88 Å². The molecule has 0 spiro atoms. The zero-order chi connectivity index (χ0) is 13.0. The summed E-state index contributed by atoms with van der Waals surface area (Å²) >= 11 is 6.06. The molecule has 1 aromatic rings. The van der Waals surface area contributed by atoms with Gasteiger partial charge in [0.25, 0.3) is 0 Å². The van der Waals surface area contributed by atoms with Crippen molar-refractivity contribution in [1.82, 2.24) is 9.97 Å². The van der Waals surface area contributed by atoms with Crippen molar-refractivity contribution in [2.24, 2.45) is 5.92 Å². The maximum Gasteiger partial charge on any atom is 0.237 e. The van der Waals surface area contributed by atoms with Gasteiger partial charge >= 0.3 is 0 Å². The molecule has 1 saturated carbocycles. The first-order valence-electron chi connectivity index (χ1n) is 6.59. The lowest BCUT2D eigenvalue weighted by molar-refractivity contribution is 0.117. The quantitative estimate of drug-likeness (QED) is 0.909. The molecule has 18 heavy (non-hydrogen) atoms. The Balaban J connectivity index is 2.04. The fourth-order valence-electron chi connectivity index (χ4n) is 2.43. The molecule has 1 aliphatic carbocycles. The summed E-state index contributed by atoms with van der Waals surface area (Å²) in [5.74, 6) is 1.81. The molecule has 1 N–H and O–H groups in total. The molecule has 2 atom stereocenters. The molecule has 2 unspecified atom stereocenters. The van der Waals surface area contributed by atoms with E-state index < -0.39 is 0 Å². The van der Waals surface area contributed by atoms with Crippen LogP contribution in [0.4, 0.5) is 5.95 Å².